The summed E-state index contributed by atoms with van der Waals surface area (Å²) in [7, 11) is 1.50. The Kier molecular flexibility index (Phi) is 17.5. The summed E-state index contributed by atoms with van der Waals surface area (Å²) in [5, 5.41) is 20.7. The van der Waals surface area contributed by atoms with Crippen molar-refractivity contribution in [3.63, 3.8) is 0 Å². The average molecular weight is 625 g/mol. The Balaban J connectivity index is 0.00000145. The van der Waals surface area contributed by atoms with E-state index in [1.54, 1.807) is 0 Å². The van der Waals surface area contributed by atoms with E-state index in [2.05, 4.69) is 72.0 Å². The summed E-state index contributed by atoms with van der Waals surface area (Å²) in [6.07, 6.45) is 3.83. The van der Waals surface area contributed by atoms with Crippen LogP contribution in [0.15, 0.2) is 66.0 Å². The van der Waals surface area contributed by atoms with E-state index < -0.39 is 5.41 Å². The highest BCUT2D eigenvalue weighted by atomic mass is 35.5. The highest BCUT2D eigenvalue weighted by Crippen LogP contribution is 2.39. The number of nitriles is 1. The minimum atomic E-state index is -0.401. The number of nitrogens with zero attached hydrogens (tertiary/aromatic N) is 3. The molecule has 1 aromatic heterocycles. The van der Waals surface area contributed by atoms with Crippen molar-refractivity contribution in [2.24, 2.45) is 5.73 Å². The van der Waals surface area contributed by atoms with Gasteiger partial charge in [-0.15, -0.1) is 0 Å². The molecular formula is C34H45ClN4O3S. The third kappa shape index (κ3) is 10.2. The summed E-state index contributed by atoms with van der Waals surface area (Å²) in [6, 6.07) is 20.5. The van der Waals surface area contributed by atoms with Gasteiger partial charge in [-0.25, -0.2) is 9.97 Å². The molecule has 1 heterocycles. The number of rotatable bonds is 10. The van der Waals surface area contributed by atoms with E-state index in [-0.39, 0.29) is 19.8 Å². The topological polar surface area (TPSA) is 114 Å². The molecule has 0 radical (unpaired) electrons. The molecule has 0 amide bonds. The van der Waals surface area contributed by atoms with E-state index in [1.165, 1.54) is 18.8 Å². The highest BCUT2D eigenvalue weighted by Gasteiger charge is 2.26. The number of aliphatic hydroxyl groups excluding tert-OH is 1. The second kappa shape index (κ2) is 19.9. The Hall–Kier alpha value is -3.19. The third-order valence-electron chi connectivity index (χ3n) is 6.28. The van der Waals surface area contributed by atoms with Crippen LogP contribution in [-0.4, -0.2) is 54.8 Å². The second-order valence-corrected chi connectivity index (χ2v) is 10.1. The molecule has 4 aromatic rings. The van der Waals surface area contributed by atoms with Gasteiger partial charge < -0.3 is 20.3 Å². The van der Waals surface area contributed by atoms with E-state index in [0.717, 1.165) is 38.3 Å². The van der Waals surface area contributed by atoms with E-state index >= 15 is 0 Å². The average Bonchev–Trinajstić information content (AvgIpc) is 3.07. The number of thioether (sulfide) groups is 1. The van der Waals surface area contributed by atoms with Gasteiger partial charge in [0, 0.05) is 17.0 Å². The number of hydrogen-bond acceptors (Lipinski definition) is 8. The summed E-state index contributed by atoms with van der Waals surface area (Å²) < 4.78 is 10.9. The summed E-state index contributed by atoms with van der Waals surface area (Å²) >= 11 is 8.08. The predicted molar refractivity (Wildman–Crippen MR) is 181 cm³/mol. The lowest BCUT2D eigenvalue weighted by Crippen LogP contribution is -2.19. The first-order chi connectivity index (χ1) is 20.9. The number of aliphatic hydroxyl groups is 1. The first-order valence-corrected chi connectivity index (χ1v) is 16.0. The maximum absolute atomic E-state index is 9.75. The first-order valence-electron chi connectivity index (χ1n) is 14.4. The van der Waals surface area contributed by atoms with Crippen molar-refractivity contribution >= 4 is 34.3 Å². The zero-order valence-corrected chi connectivity index (χ0v) is 28.1. The van der Waals surface area contributed by atoms with Crippen LogP contribution in [0.4, 0.5) is 0 Å². The van der Waals surface area contributed by atoms with Gasteiger partial charge in [-0.05, 0) is 59.8 Å². The third-order valence-corrected chi connectivity index (χ3v) is 7.12. The Morgan fingerprint density at radius 2 is 1.58 bits per heavy atom. The monoisotopic (exact) mass is 624 g/mol. The van der Waals surface area contributed by atoms with Crippen LogP contribution in [0.25, 0.3) is 22.0 Å². The highest BCUT2D eigenvalue weighted by molar-refractivity contribution is 7.98. The van der Waals surface area contributed by atoms with Crippen LogP contribution in [0, 0.1) is 11.3 Å². The largest absolute Gasteiger partial charge is 0.488 e. The Bertz CT molecular complexity index is 1440. The molecule has 0 unspecified atom stereocenters. The van der Waals surface area contributed by atoms with Crippen LogP contribution < -0.4 is 10.5 Å². The van der Waals surface area contributed by atoms with Crippen molar-refractivity contribution in [1.29, 1.82) is 5.26 Å². The number of aromatic nitrogens is 2. The van der Waals surface area contributed by atoms with E-state index in [9.17, 15) is 5.26 Å². The lowest BCUT2D eigenvalue weighted by atomic mass is 9.77. The zero-order chi connectivity index (χ0) is 32.4. The van der Waals surface area contributed by atoms with Gasteiger partial charge in [-0.1, -0.05) is 95.2 Å². The van der Waals surface area contributed by atoms with Gasteiger partial charge in [0.2, 0.25) is 0 Å². The molecule has 0 saturated carbocycles. The lowest BCUT2D eigenvalue weighted by Gasteiger charge is -2.27. The lowest BCUT2D eigenvalue weighted by molar-refractivity contribution is 0.0705. The minimum Gasteiger partial charge on any atom is -0.488 e. The van der Waals surface area contributed by atoms with Crippen LogP contribution in [0.5, 0.6) is 5.75 Å². The standard InChI is InChI=1S/C29H28ClN3O3S.2C2H6.CH5N/c1-29(2,24-15-21(17-31)27(25(30)16-24)36-13-12-35-11-10-34)23-7-4-19(5-8-23)20-6-9-26-22(14-20)18-32-28(33-26)37-3;3*1-2/h4-9,14-16,18,34H,10-13H2,1-3H3;2*1-2H3;2H2,1H3. The normalized spacial score (nSPS) is 10.3. The van der Waals surface area contributed by atoms with Crippen LogP contribution in [0.2, 0.25) is 5.02 Å². The van der Waals surface area contributed by atoms with Crippen molar-refractivity contribution in [2.45, 2.75) is 52.1 Å². The predicted octanol–water partition coefficient (Wildman–Crippen LogP) is 7.88. The smallest absolute Gasteiger partial charge is 0.187 e. The SMILES string of the molecule is CC.CC.CN.CSc1ncc2cc(-c3ccc(C(C)(C)c4cc(Cl)c(OCCOCCO)c(C#N)c4)cc3)ccc2n1. The molecule has 0 fully saturated rings. The van der Waals surface area contributed by atoms with Crippen molar-refractivity contribution in [3.05, 3.63) is 82.5 Å². The quantitative estimate of drug-likeness (QED) is 0.104. The fraction of sp³-hybridized carbons (Fsp3) is 0.382. The molecule has 0 bridgehead atoms. The van der Waals surface area contributed by atoms with Crippen molar-refractivity contribution in [2.75, 3.05) is 39.7 Å². The molecule has 232 valence electrons. The van der Waals surface area contributed by atoms with Crippen molar-refractivity contribution < 1.29 is 14.6 Å². The molecule has 0 saturated heterocycles. The molecule has 3 N–H and O–H groups in total. The number of ether oxygens (including phenoxy) is 2. The number of nitrogens with two attached hydrogens (primary N) is 1. The number of halogens is 1. The Labute approximate surface area is 266 Å². The molecule has 0 aliphatic rings. The van der Waals surface area contributed by atoms with Gasteiger partial charge in [-0.2, -0.15) is 5.26 Å². The molecule has 43 heavy (non-hydrogen) atoms. The fourth-order valence-corrected chi connectivity index (χ4v) is 4.72. The summed E-state index contributed by atoms with van der Waals surface area (Å²) in [6.45, 7) is 12.9. The number of benzene rings is 3. The fourth-order valence-electron chi connectivity index (χ4n) is 4.09. The molecule has 3 aromatic carbocycles. The van der Waals surface area contributed by atoms with E-state index in [4.69, 9.17) is 26.2 Å². The number of fused-ring (bicyclic) bond motifs is 1. The van der Waals surface area contributed by atoms with Crippen LogP contribution in [0.1, 0.15) is 58.2 Å². The summed E-state index contributed by atoms with van der Waals surface area (Å²) in [4.78, 5) is 8.95. The summed E-state index contributed by atoms with van der Waals surface area (Å²) in [5.41, 5.74) is 9.60. The number of hydrogen-bond donors (Lipinski definition) is 2. The van der Waals surface area contributed by atoms with E-state index in [1.807, 2.05) is 58.3 Å². The van der Waals surface area contributed by atoms with Gasteiger partial charge in [0.15, 0.2) is 10.9 Å². The van der Waals surface area contributed by atoms with E-state index in [0.29, 0.717) is 22.9 Å². The molecule has 4 rings (SSSR count). The van der Waals surface area contributed by atoms with Crippen LogP contribution in [-0.2, 0) is 10.2 Å². The van der Waals surface area contributed by atoms with Gasteiger partial charge in [0.25, 0.3) is 0 Å². The first kappa shape index (κ1) is 37.8. The van der Waals surface area contributed by atoms with Gasteiger partial charge in [0.1, 0.15) is 12.7 Å². The molecule has 0 spiro atoms. The van der Waals surface area contributed by atoms with Gasteiger partial charge >= 0.3 is 0 Å². The molecule has 0 atom stereocenters. The summed E-state index contributed by atoms with van der Waals surface area (Å²) in [5.74, 6) is 0.344. The zero-order valence-electron chi connectivity index (χ0n) is 26.6. The van der Waals surface area contributed by atoms with Crippen molar-refractivity contribution in [3.8, 4) is 22.9 Å². The van der Waals surface area contributed by atoms with Gasteiger partial charge in [-0.3, -0.25) is 0 Å². The van der Waals surface area contributed by atoms with Crippen molar-refractivity contribution in [1.82, 2.24) is 9.97 Å². The van der Waals surface area contributed by atoms with Crippen LogP contribution in [0.3, 0.4) is 0 Å². The maximum Gasteiger partial charge on any atom is 0.187 e. The molecule has 7 nitrogen and oxygen atoms in total. The maximum atomic E-state index is 9.75. The van der Waals surface area contributed by atoms with Gasteiger partial charge in [0.05, 0.1) is 35.9 Å². The Morgan fingerprint density at radius 3 is 2.19 bits per heavy atom. The minimum absolute atomic E-state index is 0.0503. The molecule has 0 aliphatic carbocycles. The van der Waals surface area contributed by atoms with Crippen LogP contribution >= 0.6 is 23.4 Å². The molecule has 0 aliphatic heterocycles. The molecular weight excluding hydrogens is 580 g/mol. The molecule has 9 heteroatoms. The Morgan fingerprint density at radius 1 is 0.930 bits per heavy atom. The second-order valence-electron chi connectivity index (χ2n) is 8.96.